The molecule has 102 valence electrons. The van der Waals surface area contributed by atoms with Crippen LogP contribution in [0.3, 0.4) is 0 Å². The van der Waals surface area contributed by atoms with Crippen LogP contribution in [0, 0.1) is 0 Å². The van der Waals surface area contributed by atoms with Gasteiger partial charge in [-0.15, -0.1) is 0 Å². The van der Waals surface area contributed by atoms with Crippen LogP contribution < -0.4 is 5.73 Å². The van der Waals surface area contributed by atoms with Gasteiger partial charge in [0.2, 0.25) is 0 Å². The minimum atomic E-state index is 0.192. The highest BCUT2D eigenvalue weighted by atomic mass is 15.1. The second kappa shape index (κ2) is 5.43. The summed E-state index contributed by atoms with van der Waals surface area (Å²) in [5.41, 5.74) is 8.82. The van der Waals surface area contributed by atoms with Crippen molar-refractivity contribution in [2.75, 3.05) is 6.54 Å². The molecule has 3 rings (SSSR count). The summed E-state index contributed by atoms with van der Waals surface area (Å²) < 4.78 is 2.19. The molecule has 0 bridgehead atoms. The molecule has 0 aliphatic carbocycles. The molecule has 0 amide bonds. The molecule has 0 radical (unpaired) electrons. The number of imidazole rings is 1. The quantitative estimate of drug-likeness (QED) is 0.789. The monoisotopic (exact) mass is 266 g/mol. The molecule has 0 spiro atoms. The van der Waals surface area contributed by atoms with E-state index in [4.69, 9.17) is 5.73 Å². The van der Waals surface area contributed by atoms with Crippen molar-refractivity contribution in [3.05, 3.63) is 60.0 Å². The molecule has 1 unspecified atom stereocenters. The van der Waals surface area contributed by atoms with Crippen LogP contribution in [0.5, 0.6) is 0 Å². The average Bonchev–Trinajstić information content (AvgIpc) is 2.86. The predicted molar refractivity (Wildman–Crippen MR) is 80.5 cm³/mol. The molecule has 0 fully saturated rings. The largest absolute Gasteiger partial charge is 0.330 e. The third-order valence-electron chi connectivity index (χ3n) is 3.56. The molecular formula is C16H18N4. The second-order valence-corrected chi connectivity index (χ2v) is 4.87. The van der Waals surface area contributed by atoms with Crippen molar-refractivity contribution in [2.45, 2.75) is 19.4 Å². The van der Waals surface area contributed by atoms with Crippen molar-refractivity contribution in [2.24, 2.45) is 5.73 Å². The predicted octanol–water partition coefficient (Wildman–Crippen LogP) is 2.54. The number of hydrogen-bond acceptors (Lipinski definition) is 3. The molecule has 2 aromatic heterocycles. The van der Waals surface area contributed by atoms with E-state index in [1.54, 1.807) is 0 Å². The van der Waals surface area contributed by atoms with Crippen molar-refractivity contribution < 1.29 is 0 Å². The average molecular weight is 266 g/mol. The van der Waals surface area contributed by atoms with Crippen LogP contribution in [0.2, 0.25) is 0 Å². The molecule has 1 aromatic carbocycles. The van der Waals surface area contributed by atoms with Crippen LogP contribution in [0.15, 0.2) is 48.7 Å². The third-order valence-corrected chi connectivity index (χ3v) is 3.56. The first-order valence-corrected chi connectivity index (χ1v) is 6.88. The Morgan fingerprint density at radius 2 is 1.95 bits per heavy atom. The molecule has 0 saturated heterocycles. The van der Waals surface area contributed by atoms with E-state index in [-0.39, 0.29) is 6.04 Å². The highest BCUT2D eigenvalue weighted by molar-refractivity contribution is 5.71. The summed E-state index contributed by atoms with van der Waals surface area (Å²) in [7, 11) is 0. The summed E-state index contributed by atoms with van der Waals surface area (Å²) in [6.07, 6.45) is 2.57. The van der Waals surface area contributed by atoms with Gasteiger partial charge in [-0.3, -0.25) is 0 Å². The molecular weight excluding hydrogens is 248 g/mol. The van der Waals surface area contributed by atoms with E-state index in [1.807, 2.05) is 24.4 Å². The van der Waals surface area contributed by atoms with Gasteiger partial charge in [-0.1, -0.05) is 30.3 Å². The van der Waals surface area contributed by atoms with Gasteiger partial charge in [0.15, 0.2) is 5.65 Å². The Hall–Kier alpha value is -2.20. The van der Waals surface area contributed by atoms with Crippen LogP contribution in [0.25, 0.3) is 11.2 Å². The van der Waals surface area contributed by atoms with Gasteiger partial charge < -0.3 is 10.3 Å². The Morgan fingerprint density at radius 1 is 1.15 bits per heavy atom. The topological polar surface area (TPSA) is 56.7 Å². The van der Waals surface area contributed by atoms with Crippen LogP contribution in [-0.2, 0) is 6.42 Å². The maximum atomic E-state index is 5.72. The van der Waals surface area contributed by atoms with E-state index in [1.165, 1.54) is 5.56 Å². The minimum Gasteiger partial charge on any atom is -0.330 e. The van der Waals surface area contributed by atoms with Crippen LogP contribution >= 0.6 is 0 Å². The molecule has 20 heavy (non-hydrogen) atoms. The maximum Gasteiger partial charge on any atom is 0.160 e. The molecule has 1 atom stereocenters. The smallest absolute Gasteiger partial charge is 0.160 e. The number of aromatic nitrogens is 3. The lowest BCUT2D eigenvalue weighted by molar-refractivity contribution is 0.613. The third kappa shape index (κ3) is 2.18. The second-order valence-electron chi connectivity index (χ2n) is 4.87. The van der Waals surface area contributed by atoms with Gasteiger partial charge in [-0.05, 0) is 31.2 Å². The fourth-order valence-corrected chi connectivity index (χ4v) is 2.57. The summed E-state index contributed by atoms with van der Waals surface area (Å²) >= 11 is 0. The van der Waals surface area contributed by atoms with E-state index in [2.05, 4.69) is 45.7 Å². The Labute approximate surface area is 118 Å². The van der Waals surface area contributed by atoms with E-state index in [0.29, 0.717) is 6.54 Å². The van der Waals surface area contributed by atoms with Crippen molar-refractivity contribution >= 4 is 11.2 Å². The number of nitrogens with zero attached hydrogens (tertiary/aromatic N) is 3. The Balaban J connectivity index is 2.15. The van der Waals surface area contributed by atoms with Crippen molar-refractivity contribution in [3.8, 4) is 0 Å². The first-order valence-electron chi connectivity index (χ1n) is 6.88. The van der Waals surface area contributed by atoms with Crippen molar-refractivity contribution in [3.63, 3.8) is 0 Å². The summed E-state index contributed by atoms with van der Waals surface area (Å²) in [6, 6.07) is 14.5. The summed E-state index contributed by atoms with van der Waals surface area (Å²) in [4.78, 5) is 9.16. The van der Waals surface area contributed by atoms with Gasteiger partial charge in [-0.25, -0.2) is 9.97 Å². The molecule has 4 heteroatoms. The van der Waals surface area contributed by atoms with E-state index >= 15 is 0 Å². The van der Waals surface area contributed by atoms with Crippen LogP contribution in [0.1, 0.15) is 24.4 Å². The van der Waals surface area contributed by atoms with Crippen LogP contribution in [0.4, 0.5) is 0 Å². The molecule has 0 aliphatic rings. The first-order chi connectivity index (χ1) is 9.81. The number of rotatable bonds is 4. The Morgan fingerprint density at radius 3 is 2.70 bits per heavy atom. The zero-order valence-corrected chi connectivity index (χ0v) is 11.5. The van der Waals surface area contributed by atoms with E-state index < -0.39 is 0 Å². The maximum absolute atomic E-state index is 5.72. The summed E-state index contributed by atoms with van der Waals surface area (Å²) in [6.45, 7) is 2.76. The van der Waals surface area contributed by atoms with Gasteiger partial charge in [0.1, 0.15) is 11.3 Å². The zero-order chi connectivity index (χ0) is 13.9. The number of pyridine rings is 1. The highest BCUT2D eigenvalue weighted by Crippen LogP contribution is 2.24. The van der Waals surface area contributed by atoms with Gasteiger partial charge in [0, 0.05) is 12.6 Å². The number of fused-ring (bicyclic) bond motifs is 1. The number of nitrogens with two attached hydrogens (primary N) is 1. The lowest BCUT2D eigenvalue weighted by Gasteiger charge is -2.17. The molecule has 3 aromatic rings. The molecule has 0 saturated carbocycles. The van der Waals surface area contributed by atoms with Gasteiger partial charge in [-0.2, -0.15) is 0 Å². The Bertz CT molecular complexity index is 703. The summed E-state index contributed by atoms with van der Waals surface area (Å²) in [5, 5.41) is 0. The SMILES string of the molecule is CC(c1ccccc1)n1c(CCN)nc2cccnc21. The summed E-state index contributed by atoms with van der Waals surface area (Å²) in [5.74, 6) is 0.998. The van der Waals surface area contributed by atoms with Crippen molar-refractivity contribution in [1.82, 2.24) is 14.5 Å². The van der Waals surface area contributed by atoms with Gasteiger partial charge >= 0.3 is 0 Å². The first kappa shape index (κ1) is 12.8. The normalized spacial score (nSPS) is 12.7. The van der Waals surface area contributed by atoms with Crippen molar-refractivity contribution in [1.29, 1.82) is 0 Å². The van der Waals surface area contributed by atoms with Crippen LogP contribution in [-0.4, -0.2) is 21.1 Å². The fraction of sp³-hybridized carbons (Fsp3) is 0.250. The molecule has 0 aliphatic heterocycles. The lowest BCUT2D eigenvalue weighted by Crippen LogP contribution is -2.14. The fourth-order valence-electron chi connectivity index (χ4n) is 2.57. The van der Waals surface area contributed by atoms with Gasteiger partial charge in [0.25, 0.3) is 0 Å². The van der Waals surface area contributed by atoms with Gasteiger partial charge in [0.05, 0.1) is 6.04 Å². The highest BCUT2D eigenvalue weighted by Gasteiger charge is 2.17. The molecule has 2 N–H and O–H groups in total. The molecule has 2 heterocycles. The number of hydrogen-bond donors (Lipinski definition) is 1. The van der Waals surface area contributed by atoms with E-state index in [9.17, 15) is 0 Å². The Kier molecular flexibility index (Phi) is 3.48. The molecule has 4 nitrogen and oxygen atoms in total. The standard InChI is InChI=1S/C16H18N4/c1-12(13-6-3-2-4-7-13)20-15(9-10-17)19-14-8-5-11-18-16(14)20/h2-8,11-12H,9-10,17H2,1H3. The minimum absolute atomic E-state index is 0.192. The zero-order valence-electron chi connectivity index (χ0n) is 11.5. The lowest BCUT2D eigenvalue weighted by atomic mass is 10.1. The number of benzene rings is 1. The van der Waals surface area contributed by atoms with E-state index in [0.717, 1.165) is 23.4 Å².